The van der Waals surface area contributed by atoms with Crippen LogP contribution in [0.4, 0.5) is 4.39 Å². The molecule has 5 heteroatoms. The number of rotatable bonds is 3. The largest absolute Gasteiger partial charge is 0.467 e. The molecule has 0 radical (unpaired) electrons. The van der Waals surface area contributed by atoms with Gasteiger partial charge in [-0.05, 0) is 36.4 Å². The van der Waals surface area contributed by atoms with E-state index < -0.39 is 0 Å². The van der Waals surface area contributed by atoms with Crippen LogP contribution in [-0.2, 0) is 6.54 Å². The molecule has 0 atom stereocenters. The summed E-state index contributed by atoms with van der Waals surface area (Å²) in [7, 11) is 1.69. The van der Waals surface area contributed by atoms with E-state index in [1.807, 2.05) is 6.07 Å². The van der Waals surface area contributed by atoms with Gasteiger partial charge in [0.25, 0.3) is 5.91 Å². The monoisotopic (exact) mass is 272 g/mol. The third kappa shape index (κ3) is 2.30. The van der Waals surface area contributed by atoms with Crippen molar-refractivity contribution >= 4 is 16.8 Å². The van der Waals surface area contributed by atoms with Gasteiger partial charge >= 0.3 is 0 Å². The van der Waals surface area contributed by atoms with E-state index in [-0.39, 0.29) is 11.7 Å². The molecule has 20 heavy (non-hydrogen) atoms. The summed E-state index contributed by atoms with van der Waals surface area (Å²) in [5, 5.41) is 0.680. The summed E-state index contributed by atoms with van der Waals surface area (Å²) in [6.45, 7) is 0.384. The molecule has 4 nitrogen and oxygen atoms in total. The minimum atomic E-state index is -0.320. The number of halogens is 1. The summed E-state index contributed by atoms with van der Waals surface area (Å²) in [5.74, 6) is 0.223. The molecule has 3 rings (SSSR count). The zero-order valence-electron chi connectivity index (χ0n) is 10.9. The number of aromatic nitrogens is 1. The fourth-order valence-corrected chi connectivity index (χ4v) is 2.13. The maximum atomic E-state index is 13.1. The fraction of sp³-hybridized carbons (Fsp3) is 0.133. The molecule has 3 aromatic rings. The highest BCUT2D eigenvalue weighted by Gasteiger charge is 2.15. The van der Waals surface area contributed by atoms with Crippen molar-refractivity contribution < 1.29 is 13.6 Å². The van der Waals surface area contributed by atoms with Gasteiger partial charge in [0.2, 0.25) is 0 Å². The first kappa shape index (κ1) is 12.5. The van der Waals surface area contributed by atoms with Crippen molar-refractivity contribution in [2.75, 3.05) is 7.05 Å². The number of nitrogens with one attached hydrogen (secondary N) is 1. The summed E-state index contributed by atoms with van der Waals surface area (Å²) in [6.07, 6.45) is 1.57. The highest BCUT2D eigenvalue weighted by molar-refractivity contribution is 5.97. The Bertz CT molecular complexity index is 746. The second-order valence-corrected chi connectivity index (χ2v) is 4.66. The number of H-pyrrole nitrogens is 1. The highest BCUT2D eigenvalue weighted by Crippen LogP contribution is 2.18. The topological polar surface area (TPSA) is 49.2 Å². The van der Waals surface area contributed by atoms with Gasteiger partial charge in [-0.25, -0.2) is 4.39 Å². The average Bonchev–Trinajstić information content (AvgIpc) is 3.06. The lowest BCUT2D eigenvalue weighted by molar-refractivity contribution is 0.0770. The van der Waals surface area contributed by atoms with E-state index in [9.17, 15) is 9.18 Å². The summed E-state index contributed by atoms with van der Waals surface area (Å²) in [4.78, 5) is 16.8. The lowest BCUT2D eigenvalue weighted by Crippen LogP contribution is -2.26. The van der Waals surface area contributed by atoms with Crippen LogP contribution in [0.2, 0.25) is 0 Å². The van der Waals surface area contributed by atoms with Crippen molar-refractivity contribution in [3.8, 4) is 0 Å². The smallest absolute Gasteiger partial charge is 0.270 e. The molecular formula is C15H13FN2O2. The van der Waals surface area contributed by atoms with E-state index in [0.717, 1.165) is 5.52 Å². The van der Waals surface area contributed by atoms with Gasteiger partial charge in [0, 0.05) is 18.0 Å². The van der Waals surface area contributed by atoms with Crippen molar-refractivity contribution in [3.63, 3.8) is 0 Å². The van der Waals surface area contributed by atoms with E-state index in [2.05, 4.69) is 4.98 Å². The van der Waals surface area contributed by atoms with Gasteiger partial charge < -0.3 is 14.3 Å². The Labute approximate surface area is 114 Å². The predicted molar refractivity (Wildman–Crippen MR) is 72.8 cm³/mol. The molecule has 0 aliphatic heterocycles. The third-order valence-corrected chi connectivity index (χ3v) is 3.13. The number of amides is 1. The number of carbonyl (C=O) groups is 1. The number of hydrogen-bond donors (Lipinski definition) is 1. The molecule has 0 aliphatic rings. The van der Waals surface area contributed by atoms with Crippen molar-refractivity contribution in [1.82, 2.24) is 9.88 Å². The highest BCUT2D eigenvalue weighted by atomic mass is 19.1. The Balaban J connectivity index is 1.84. The number of nitrogens with zero attached hydrogens (tertiary/aromatic N) is 1. The maximum Gasteiger partial charge on any atom is 0.270 e. The molecule has 1 N–H and O–H groups in total. The number of carbonyl (C=O) groups excluding carboxylic acids is 1. The second-order valence-electron chi connectivity index (χ2n) is 4.66. The Morgan fingerprint density at radius 3 is 2.95 bits per heavy atom. The van der Waals surface area contributed by atoms with Crippen LogP contribution in [0.15, 0.2) is 47.1 Å². The van der Waals surface area contributed by atoms with Crippen LogP contribution < -0.4 is 0 Å². The number of hydrogen-bond acceptors (Lipinski definition) is 2. The van der Waals surface area contributed by atoms with Crippen LogP contribution in [0.25, 0.3) is 10.9 Å². The van der Waals surface area contributed by atoms with E-state index in [1.54, 1.807) is 36.4 Å². The Morgan fingerprint density at radius 2 is 2.20 bits per heavy atom. The third-order valence-electron chi connectivity index (χ3n) is 3.13. The summed E-state index contributed by atoms with van der Waals surface area (Å²) >= 11 is 0. The molecule has 0 bridgehead atoms. The van der Waals surface area contributed by atoms with E-state index in [0.29, 0.717) is 23.4 Å². The molecule has 2 heterocycles. The number of furan rings is 1. The van der Waals surface area contributed by atoms with Gasteiger partial charge in [-0.15, -0.1) is 0 Å². The van der Waals surface area contributed by atoms with Gasteiger partial charge in [-0.3, -0.25) is 4.79 Å². The minimum absolute atomic E-state index is 0.169. The summed E-state index contributed by atoms with van der Waals surface area (Å²) in [5.41, 5.74) is 1.17. The summed E-state index contributed by atoms with van der Waals surface area (Å²) < 4.78 is 18.3. The zero-order chi connectivity index (χ0) is 14.1. The normalized spacial score (nSPS) is 10.9. The maximum absolute atomic E-state index is 13.1. The van der Waals surface area contributed by atoms with Crippen LogP contribution in [-0.4, -0.2) is 22.8 Å². The van der Waals surface area contributed by atoms with Gasteiger partial charge in [0.1, 0.15) is 17.3 Å². The summed E-state index contributed by atoms with van der Waals surface area (Å²) in [6, 6.07) is 9.62. The van der Waals surface area contributed by atoms with Gasteiger partial charge in [0.15, 0.2) is 0 Å². The minimum Gasteiger partial charge on any atom is -0.467 e. The molecule has 0 saturated heterocycles. The van der Waals surface area contributed by atoms with Gasteiger partial charge in [-0.2, -0.15) is 0 Å². The molecule has 2 aromatic heterocycles. The Hall–Kier alpha value is -2.56. The standard InChI is InChI=1S/C15H13FN2O2/c1-18(9-12-3-2-6-20-12)15(19)14-8-10-7-11(16)4-5-13(10)17-14/h2-8,17H,9H2,1H3. The van der Waals surface area contributed by atoms with Crippen LogP contribution in [0.3, 0.4) is 0 Å². The van der Waals surface area contributed by atoms with E-state index in [4.69, 9.17) is 4.42 Å². The van der Waals surface area contributed by atoms with Crippen molar-refractivity contribution in [2.45, 2.75) is 6.54 Å². The lowest BCUT2D eigenvalue weighted by Gasteiger charge is -2.14. The SMILES string of the molecule is CN(Cc1ccco1)C(=O)c1cc2cc(F)ccc2[nH]1. The van der Waals surface area contributed by atoms with Crippen molar-refractivity contribution in [1.29, 1.82) is 0 Å². The van der Waals surface area contributed by atoms with Gasteiger partial charge in [0.05, 0.1) is 12.8 Å². The first-order valence-corrected chi connectivity index (χ1v) is 6.19. The second kappa shape index (κ2) is 4.85. The number of fused-ring (bicyclic) bond motifs is 1. The molecule has 0 fully saturated rings. The molecule has 0 spiro atoms. The molecule has 0 unspecified atom stereocenters. The predicted octanol–water partition coefficient (Wildman–Crippen LogP) is 3.17. The molecular weight excluding hydrogens is 259 g/mol. The van der Waals surface area contributed by atoms with Crippen LogP contribution in [0.5, 0.6) is 0 Å². The molecule has 0 saturated carbocycles. The Morgan fingerprint density at radius 1 is 1.35 bits per heavy atom. The zero-order valence-corrected chi connectivity index (χ0v) is 10.9. The average molecular weight is 272 g/mol. The van der Waals surface area contributed by atoms with Crippen molar-refractivity contribution in [2.24, 2.45) is 0 Å². The molecule has 1 amide bonds. The van der Waals surface area contributed by atoms with E-state index in [1.165, 1.54) is 12.1 Å². The van der Waals surface area contributed by atoms with Crippen LogP contribution in [0.1, 0.15) is 16.2 Å². The van der Waals surface area contributed by atoms with Crippen LogP contribution in [0, 0.1) is 5.82 Å². The van der Waals surface area contributed by atoms with Crippen molar-refractivity contribution in [3.05, 3.63) is 59.9 Å². The first-order valence-electron chi connectivity index (χ1n) is 6.19. The number of benzene rings is 1. The molecule has 1 aromatic carbocycles. The number of aromatic amines is 1. The lowest BCUT2D eigenvalue weighted by atomic mass is 10.2. The molecule has 102 valence electrons. The quantitative estimate of drug-likeness (QED) is 0.796. The fourth-order valence-electron chi connectivity index (χ4n) is 2.13. The van der Waals surface area contributed by atoms with Gasteiger partial charge in [-0.1, -0.05) is 0 Å². The van der Waals surface area contributed by atoms with Crippen LogP contribution >= 0.6 is 0 Å². The first-order chi connectivity index (χ1) is 9.63. The van der Waals surface area contributed by atoms with E-state index >= 15 is 0 Å². The molecule has 0 aliphatic carbocycles. The Kier molecular flexibility index (Phi) is 3.02.